The molecular weight excluding hydrogens is 174 g/mol. The number of nitrogens with zero attached hydrogens (tertiary/aromatic N) is 1. The Labute approximate surface area is 87.2 Å². The molecule has 1 saturated carbocycles. The summed E-state index contributed by atoms with van der Waals surface area (Å²) in [6, 6.07) is 0.264. The van der Waals surface area contributed by atoms with E-state index < -0.39 is 0 Å². The van der Waals surface area contributed by atoms with Crippen LogP contribution in [-0.2, 0) is 0 Å². The summed E-state index contributed by atoms with van der Waals surface area (Å²) in [4.78, 5) is 4.29. The van der Waals surface area contributed by atoms with Crippen LogP contribution in [0, 0.1) is 5.92 Å². The van der Waals surface area contributed by atoms with Gasteiger partial charge in [0.05, 0.1) is 0 Å². The third-order valence-electron chi connectivity index (χ3n) is 2.97. The Balaban J connectivity index is 2.48. The van der Waals surface area contributed by atoms with Gasteiger partial charge in [-0.1, -0.05) is 6.42 Å². The molecule has 0 bridgehead atoms. The van der Waals surface area contributed by atoms with Crippen LogP contribution >= 0.6 is 0 Å². The van der Waals surface area contributed by atoms with Gasteiger partial charge < -0.3 is 11.1 Å². The van der Waals surface area contributed by atoms with Crippen molar-refractivity contribution in [1.82, 2.24) is 5.32 Å². The fraction of sp³-hybridized carbons (Fsp3) is 0.909. The molecule has 82 valence electrons. The predicted molar refractivity (Wildman–Crippen MR) is 61.3 cm³/mol. The molecule has 1 fully saturated rings. The highest BCUT2D eigenvalue weighted by molar-refractivity contribution is 5.78. The second-order valence-electron chi connectivity index (χ2n) is 5.08. The van der Waals surface area contributed by atoms with Crippen LogP contribution in [0.25, 0.3) is 0 Å². The van der Waals surface area contributed by atoms with Gasteiger partial charge in [0.2, 0.25) is 0 Å². The molecule has 3 heteroatoms. The third kappa shape index (κ3) is 2.89. The van der Waals surface area contributed by atoms with E-state index in [1.54, 1.807) is 0 Å². The van der Waals surface area contributed by atoms with Crippen molar-refractivity contribution >= 4 is 5.96 Å². The zero-order valence-corrected chi connectivity index (χ0v) is 9.80. The normalized spacial score (nSPS) is 19.6. The van der Waals surface area contributed by atoms with Crippen LogP contribution in [0.1, 0.15) is 47.0 Å². The maximum atomic E-state index is 5.82. The Hall–Kier alpha value is -0.730. The van der Waals surface area contributed by atoms with Crippen LogP contribution in [0.5, 0.6) is 0 Å². The Morgan fingerprint density at radius 1 is 1.43 bits per heavy atom. The van der Waals surface area contributed by atoms with Gasteiger partial charge in [0.15, 0.2) is 5.96 Å². The van der Waals surface area contributed by atoms with Crippen molar-refractivity contribution in [2.75, 3.05) is 0 Å². The van der Waals surface area contributed by atoms with Crippen molar-refractivity contribution in [2.24, 2.45) is 16.6 Å². The summed E-state index contributed by atoms with van der Waals surface area (Å²) in [6.45, 7) is 8.48. The summed E-state index contributed by atoms with van der Waals surface area (Å²) < 4.78 is 0. The number of rotatable bonds is 3. The minimum atomic E-state index is 0.0979. The highest BCUT2D eigenvalue weighted by Crippen LogP contribution is 2.35. The number of nitrogens with two attached hydrogens (primary N) is 1. The lowest BCUT2D eigenvalue weighted by Gasteiger charge is -2.41. The van der Waals surface area contributed by atoms with E-state index in [1.165, 1.54) is 19.3 Å². The topological polar surface area (TPSA) is 50.4 Å². The first kappa shape index (κ1) is 11.3. The molecule has 3 nitrogen and oxygen atoms in total. The Kier molecular flexibility index (Phi) is 3.40. The maximum absolute atomic E-state index is 5.82. The SMILES string of the molecule is CC(C)N=C(N)NC(C)(C)C1CCC1. The molecule has 0 amide bonds. The number of hydrogen-bond acceptors (Lipinski definition) is 1. The van der Waals surface area contributed by atoms with Gasteiger partial charge in [-0.05, 0) is 46.5 Å². The van der Waals surface area contributed by atoms with Crippen molar-refractivity contribution in [3.63, 3.8) is 0 Å². The number of hydrogen-bond donors (Lipinski definition) is 2. The molecule has 0 aliphatic heterocycles. The standard InChI is InChI=1S/C11H23N3/c1-8(2)13-10(12)14-11(3,4)9-6-5-7-9/h8-9H,5-7H2,1-4H3,(H3,12,13,14). The minimum absolute atomic E-state index is 0.0979. The summed E-state index contributed by atoms with van der Waals surface area (Å²) >= 11 is 0. The van der Waals surface area contributed by atoms with Gasteiger partial charge in [-0.3, -0.25) is 4.99 Å². The van der Waals surface area contributed by atoms with E-state index in [0.29, 0.717) is 5.96 Å². The molecule has 0 aromatic heterocycles. The van der Waals surface area contributed by atoms with Gasteiger partial charge in [0.1, 0.15) is 0 Å². The molecule has 0 saturated heterocycles. The fourth-order valence-corrected chi connectivity index (χ4v) is 1.87. The Morgan fingerprint density at radius 3 is 2.36 bits per heavy atom. The molecule has 1 aliphatic carbocycles. The Morgan fingerprint density at radius 2 is 2.00 bits per heavy atom. The summed E-state index contributed by atoms with van der Waals surface area (Å²) in [7, 11) is 0. The first-order valence-electron chi connectivity index (χ1n) is 5.53. The van der Waals surface area contributed by atoms with E-state index >= 15 is 0 Å². The maximum Gasteiger partial charge on any atom is 0.189 e. The van der Waals surface area contributed by atoms with E-state index in [4.69, 9.17) is 5.73 Å². The van der Waals surface area contributed by atoms with Crippen LogP contribution in [0.15, 0.2) is 4.99 Å². The van der Waals surface area contributed by atoms with Crippen LogP contribution < -0.4 is 11.1 Å². The van der Waals surface area contributed by atoms with Gasteiger partial charge in [0.25, 0.3) is 0 Å². The average Bonchev–Trinajstić information content (AvgIpc) is 1.74. The largest absolute Gasteiger partial charge is 0.370 e. The lowest BCUT2D eigenvalue weighted by Crippen LogP contribution is -2.53. The minimum Gasteiger partial charge on any atom is -0.370 e. The number of guanidine groups is 1. The van der Waals surface area contributed by atoms with E-state index in [0.717, 1.165) is 5.92 Å². The van der Waals surface area contributed by atoms with Gasteiger partial charge in [-0.25, -0.2) is 0 Å². The molecule has 14 heavy (non-hydrogen) atoms. The van der Waals surface area contributed by atoms with Crippen LogP contribution in [-0.4, -0.2) is 17.5 Å². The first-order valence-corrected chi connectivity index (χ1v) is 5.53. The molecule has 1 rings (SSSR count). The second-order valence-corrected chi connectivity index (χ2v) is 5.08. The van der Waals surface area contributed by atoms with Crippen molar-refractivity contribution in [1.29, 1.82) is 0 Å². The molecule has 0 aromatic carbocycles. The van der Waals surface area contributed by atoms with Crippen LogP contribution in [0.4, 0.5) is 0 Å². The lowest BCUT2D eigenvalue weighted by molar-refractivity contribution is 0.179. The van der Waals surface area contributed by atoms with E-state index in [9.17, 15) is 0 Å². The van der Waals surface area contributed by atoms with Crippen molar-refractivity contribution < 1.29 is 0 Å². The second kappa shape index (κ2) is 4.20. The molecule has 0 atom stereocenters. The summed E-state index contributed by atoms with van der Waals surface area (Å²) in [5.74, 6) is 1.33. The van der Waals surface area contributed by atoms with Crippen LogP contribution in [0.3, 0.4) is 0 Å². The molecule has 0 radical (unpaired) electrons. The van der Waals surface area contributed by atoms with E-state index in [2.05, 4.69) is 24.2 Å². The molecule has 0 spiro atoms. The van der Waals surface area contributed by atoms with Crippen LogP contribution in [0.2, 0.25) is 0 Å². The quantitative estimate of drug-likeness (QED) is 0.536. The molecule has 0 heterocycles. The van der Waals surface area contributed by atoms with Gasteiger partial charge in [-0.2, -0.15) is 0 Å². The summed E-state index contributed by atoms with van der Waals surface area (Å²) in [6.07, 6.45) is 3.99. The number of aliphatic imine (C=N–C) groups is 1. The van der Waals surface area contributed by atoms with Crippen molar-refractivity contribution in [2.45, 2.75) is 58.5 Å². The molecule has 0 aromatic rings. The molecule has 3 N–H and O–H groups in total. The first-order chi connectivity index (χ1) is 6.42. The third-order valence-corrected chi connectivity index (χ3v) is 2.97. The van der Waals surface area contributed by atoms with E-state index in [-0.39, 0.29) is 11.6 Å². The van der Waals surface area contributed by atoms with Crippen molar-refractivity contribution in [3.05, 3.63) is 0 Å². The fourth-order valence-electron chi connectivity index (χ4n) is 1.87. The van der Waals surface area contributed by atoms with Gasteiger partial charge in [0, 0.05) is 11.6 Å². The molecular formula is C11H23N3. The highest BCUT2D eigenvalue weighted by atomic mass is 15.1. The lowest BCUT2D eigenvalue weighted by atomic mass is 9.73. The zero-order valence-electron chi connectivity index (χ0n) is 9.80. The smallest absolute Gasteiger partial charge is 0.189 e. The van der Waals surface area contributed by atoms with Gasteiger partial charge >= 0.3 is 0 Å². The zero-order chi connectivity index (χ0) is 10.8. The molecule has 1 aliphatic rings. The van der Waals surface area contributed by atoms with E-state index in [1.807, 2.05) is 13.8 Å². The highest BCUT2D eigenvalue weighted by Gasteiger charge is 2.34. The number of nitrogens with one attached hydrogen (secondary N) is 1. The molecule has 0 unspecified atom stereocenters. The Bertz CT molecular complexity index is 215. The van der Waals surface area contributed by atoms with Gasteiger partial charge in [-0.15, -0.1) is 0 Å². The predicted octanol–water partition coefficient (Wildman–Crippen LogP) is 1.88. The monoisotopic (exact) mass is 197 g/mol. The average molecular weight is 197 g/mol. The summed E-state index contributed by atoms with van der Waals surface area (Å²) in [5, 5.41) is 3.32. The summed E-state index contributed by atoms with van der Waals surface area (Å²) in [5.41, 5.74) is 5.91. The van der Waals surface area contributed by atoms with Crippen molar-refractivity contribution in [3.8, 4) is 0 Å².